The van der Waals surface area contributed by atoms with Gasteiger partial charge in [-0.15, -0.1) is 13.2 Å². The van der Waals surface area contributed by atoms with Crippen molar-refractivity contribution in [2.75, 3.05) is 72.7 Å². The summed E-state index contributed by atoms with van der Waals surface area (Å²) in [6, 6.07) is -0.779. The molecule has 10 heteroatoms. The maximum Gasteiger partial charge on any atom is 0.248 e. The molecule has 2 unspecified atom stereocenters. The van der Waals surface area contributed by atoms with Crippen molar-refractivity contribution in [3.8, 4) is 0 Å². The van der Waals surface area contributed by atoms with Gasteiger partial charge in [0.2, 0.25) is 17.7 Å². The number of rotatable bonds is 16. The highest BCUT2D eigenvalue weighted by atomic mass is 16.5. The fourth-order valence-corrected chi connectivity index (χ4v) is 7.59. The Bertz CT molecular complexity index is 970. The number of carbonyl (C=O) groups excluding carboxylic acids is 3. The van der Waals surface area contributed by atoms with Gasteiger partial charge in [-0.3, -0.25) is 19.3 Å². The summed E-state index contributed by atoms with van der Waals surface area (Å²) in [5, 5.41) is 9.19. The summed E-state index contributed by atoms with van der Waals surface area (Å²) in [6.07, 6.45) is 8.39. The summed E-state index contributed by atoms with van der Waals surface area (Å²) in [7, 11) is 1.74. The first-order valence-electron chi connectivity index (χ1n) is 15.5. The van der Waals surface area contributed by atoms with Crippen molar-refractivity contribution in [3.63, 3.8) is 0 Å². The van der Waals surface area contributed by atoms with E-state index in [1.54, 1.807) is 29.0 Å². The number of hydrogen-bond donors (Lipinski definition) is 1. The van der Waals surface area contributed by atoms with Crippen LogP contribution >= 0.6 is 0 Å². The van der Waals surface area contributed by atoms with E-state index in [0.717, 1.165) is 32.4 Å². The second kappa shape index (κ2) is 13.8. The molecule has 41 heavy (non-hydrogen) atoms. The van der Waals surface area contributed by atoms with E-state index < -0.39 is 29.1 Å². The van der Waals surface area contributed by atoms with E-state index >= 15 is 0 Å². The molecule has 2 bridgehead atoms. The first kappa shape index (κ1) is 31.7. The number of morpholine rings is 1. The van der Waals surface area contributed by atoms with Crippen LogP contribution in [-0.2, 0) is 23.9 Å². The summed E-state index contributed by atoms with van der Waals surface area (Å²) in [5.74, 6) is -1.69. The number of hydrogen-bond acceptors (Lipinski definition) is 7. The number of unbranched alkanes of at least 4 members (excludes halogenated alkanes) is 3. The normalized spacial score (nSPS) is 30.9. The molecule has 0 aromatic heterocycles. The number of aliphatic hydroxyl groups is 1. The van der Waals surface area contributed by atoms with Crippen LogP contribution in [0.15, 0.2) is 25.3 Å². The Morgan fingerprint density at radius 2 is 1.76 bits per heavy atom. The maximum atomic E-state index is 14.5. The van der Waals surface area contributed by atoms with Gasteiger partial charge in [0.1, 0.15) is 11.6 Å². The number of aliphatic hydroxyl groups excluding tert-OH is 1. The quantitative estimate of drug-likeness (QED) is 0.221. The molecule has 0 radical (unpaired) electrons. The van der Waals surface area contributed by atoms with Crippen molar-refractivity contribution in [3.05, 3.63) is 25.3 Å². The standard InChI is InChI=1S/C31H50N4O6/c1-5-14-32(4)27(37)24-25-28(38)35(16-10-8-9-11-21-36)26(31(25)13-12-30(24,7-3)41-31)29(39)34(15-6-2)18-17-33-19-22-40-23-20-33/h5-6,24-26,36H,1-2,7-23H2,3-4H3/t24-,25-,26?,30+,31?/m0/s1. The Hall–Kier alpha value is -2.27. The minimum absolute atomic E-state index is 0.113. The van der Waals surface area contributed by atoms with Gasteiger partial charge in [-0.25, -0.2) is 0 Å². The van der Waals surface area contributed by atoms with E-state index in [2.05, 4.69) is 18.1 Å². The van der Waals surface area contributed by atoms with Crippen LogP contribution in [0.3, 0.4) is 0 Å². The predicted molar refractivity (Wildman–Crippen MR) is 156 cm³/mol. The predicted octanol–water partition coefficient (Wildman–Crippen LogP) is 1.69. The lowest BCUT2D eigenvalue weighted by Gasteiger charge is -2.37. The average molecular weight is 575 g/mol. The zero-order valence-corrected chi connectivity index (χ0v) is 25.1. The average Bonchev–Trinajstić information content (AvgIpc) is 3.58. The number of likely N-dealkylation sites (N-methyl/N-ethyl adjacent to an activating group) is 1. The Kier molecular flexibility index (Phi) is 10.7. The number of ether oxygens (including phenoxy) is 2. The lowest BCUT2D eigenvalue weighted by Crippen LogP contribution is -2.57. The fraction of sp³-hybridized carbons (Fsp3) is 0.774. The molecule has 5 atom stereocenters. The monoisotopic (exact) mass is 574 g/mol. The van der Waals surface area contributed by atoms with Crippen LogP contribution in [0.2, 0.25) is 0 Å². The van der Waals surface area contributed by atoms with Crippen LogP contribution in [0.5, 0.6) is 0 Å². The summed E-state index contributed by atoms with van der Waals surface area (Å²) in [4.78, 5) is 50.2. The number of carbonyl (C=O) groups is 3. The number of nitrogens with zero attached hydrogens (tertiary/aromatic N) is 4. The van der Waals surface area contributed by atoms with Gasteiger partial charge in [-0.05, 0) is 32.1 Å². The van der Waals surface area contributed by atoms with Gasteiger partial charge in [0.15, 0.2) is 0 Å². The molecule has 0 aliphatic carbocycles. The SMILES string of the molecule is C=CCN(C)C(=O)[C@@H]1[C@H]2C(=O)N(CCCCCCO)C(C(=O)N(CC=C)CCN3CCOCC3)C23CC[C@@]1(CC)O3. The van der Waals surface area contributed by atoms with Crippen molar-refractivity contribution in [1.82, 2.24) is 19.6 Å². The van der Waals surface area contributed by atoms with Crippen LogP contribution in [0, 0.1) is 11.8 Å². The van der Waals surface area contributed by atoms with Crippen LogP contribution in [0.4, 0.5) is 0 Å². The topological polar surface area (TPSA) is 103 Å². The molecule has 4 heterocycles. The largest absolute Gasteiger partial charge is 0.396 e. The van der Waals surface area contributed by atoms with E-state index in [0.29, 0.717) is 71.6 Å². The molecule has 4 saturated heterocycles. The van der Waals surface area contributed by atoms with Gasteiger partial charge in [-0.2, -0.15) is 0 Å². The first-order valence-corrected chi connectivity index (χ1v) is 15.5. The summed E-state index contributed by atoms with van der Waals surface area (Å²) < 4.78 is 12.4. The minimum Gasteiger partial charge on any atom is -0.396 e. The molecule has 4 fully saturated rings. The lowest BCUT2D eigenvalue weighted by molar-refractivity contribution is -0.154. The van der Waals surface area contributed by atoms with Crippen LogP contribution < -0.4 is 0 Å². The molecule has 0 aromatic carbocycles. The second-order valence-corrected chi connectivity index (χ2v) is 12.0. The molecule has 1 spiro atoms. The van der Waals surface area contributed by atoms with E-state index in [4.69, 9.17) is 9.47 Å². The van der Waals surface area contributed by atoms with Crippen molar-refractivity contribution in [1.29, 1.82) is 0 Å². The van der Waals surface area contributed by atoms with Gasteiger partial charge >= 0.3 is 0 Å². The second-order valence-electron chi connectivity index (χ2n) is 12.0. The van der Waals surface area contributed by atoms with Crippen LogP contribution in [0.1, 0.15) is 51.9 Å². The molecule has 230 valence electrons. The van der Waals surface area contributed by atoms with Gasteiger partial charge in [0.05, 0.1) is 30.7 Å². The Morgan fingerprint density at radius 1 is 1.05 bits per heavy atom. The van der Waals surface area contributed by atoms with Gasteiger partial charge in [-0.1, -0.05) is 31.9 Å². The smallest absolute Gasteiger partial charge is 0.248 e. The Morgan fingerprint density at radius 3 is 2.41 bits per heavy atom. The molecule has 0 aromatic rings. The molecule has 4 rings (SSSR count). The number of fused-ring (bicyclic) bond motifs is 1. The maximum absolute atomic E-state index is 14.5. The third-order valence-corrected chi connectivity index (χ3v) is 9.72. The van der Waals surface area contributed by atoms with E-state index in [1.165, 1.54) is 0 Å². The summed E-state index contributed by atoms with van der Waals surface area (Å²) >= 11 is 0. The summed E-state index contributed by atoms with van der Waals surface area (Å²) in [6.45, 7) is 15.3. The minimum atomic E-state index is -1.02. The molecular weight excluding hydrogens is 524 g/mol. The molecule has 4 aliphatic heterocycles. The first-order chi connectivity index (χ1) is 19.8. The highest BCUT2D eigenvalue weighted by Crippen LogP contribution is 2.64. The van der Waals surface area contributed by atoms with Crippen molar-refractivity contribution >= 4 is 17.7 Å². The third kappa shape index (κ3) is 5.98. The van der Waals surface area contributed by atoms with Crippen LogP contribution in [0.25, 0.3) is 0 Å². The molecule has 1 N–H and O–H groups in total. The number of amides is 3. The molecule has 3 amide bonds. The zero-order valence-electron chi connectivity index (χ0n) is 25.1. The highest BCUT2D eigenvalue weighted by Gasteiger charge is 2.78. The summed E-state index contributed by atoms with van der Waals surface area (Å²) in [5.41, 5.74) is -1.78. The Labute approximate surface area is 245 Å². The zero-order chi connectivity index (χ0) is 29.6. The van der Waals surface area contributed by atoms with E-state index in [9.17, 15) is 19.5 Å². The molecule has 0 saturated carbocycles. The molecule has 4 aliphatic rings. The highest BCUT2D eigenvalue weighted by molar-refractivity contribution is 5.99. The van der Waals surface area contributed by atoms with Gasteiger partial charge in [0, 0.05) is 59.5 Å². The van der Waals surface area contributed by atoms with Crippen molar-refractivity contribution < 1.29 is 29.0 Å². The van der Waals surface area contributed by atoms with E-state index in [-0.39, 0.29) is 24.3 Å². The Balaban J connectivity index is 1.66. The van der Waals surface area contributed by atoms with Gasteiger partial charge in [0.25, 0.3) is 0 Å². The lowest BCUT2D eigenvalue weighted by atomic mass is 9.64. The van der Waals surface area contributed by atoms with Crippen molar-refractivity contribution in [2.24, 2.45) is 11.8 Å². The third-order valence-electron chi connectivity index (χ3n) is 9.72. The van der Waals surface area contributed by atoms with Crippen LogP contribution in [-0.4, -0.2) is 132 Å². The van der Waals surface area contributed by atoms with E-state index in [1.807, 2.05) is 11.8 Å². The molecule has 10 nitrogen and oxygen atoms in total. The fourth-order valence-electron chi connectivity index (χ4n) is 7.59. The van der Waals surface area contributed by atoms with Gasteiger partial charge < -0.3 is 29.3 Å². The molecular formula is C31H50N4O6. The van der Waals surface area contributed by atoms with Crippen molar-refractivity contribution in [2.45, 2.75) is 69.1 Å². The number of likely N-dealkylation sites (tertiary alicyclic amines) is 1.